The van der Waals surface area contributed by atoms with E-state index in [0.717, 1.165) is 23.7 Å². The summed E-state index contributed by atoms with van der Waals surface area (Å²) in [6.07, 6.45) is 5.87. The summed E-state index contributed by atoms with van der Waals surface area (Å²) in [6.45, 7) is 1.08. The van der Waals surface area contributed by atoms with E-state index in [9.17, 15) is 4.21 Å². The number of nitrogens with one attached hydrogen (secondary N) is 1. The number of hydrogen-bond donors (Lipinski definition) is 1. The first-order valence-corrected chi connectivity index (χ1v) is 7.59. The Balaban J connectivity index is 1.89. The summed E-state index contributed by atoms with van der Waals surface area (Å²) in [4.78, 5) is 0. The Hall–Kier alpha value is -0.830. The first-order valence-electron chi connectivity index (χ1n) is 5.87. The zero-order valence-electron chi connectivity index (χ0n) is 9.74. The molecule has 0 aromatic heterocycles. The van der Waals surface area contributed by atoms with E-state index in [4.69, 9.17) is 0 Å². The highest BCUT2D eigenvalue weighted by atomic mass is 32.2. The van der Waals surface area contributed by atoms with Crippen molar-refractivity contribution in [2.45, 2.75) is 25.0 Å². The van der Waals surface area contributed by atoms with Gasteiger partial charge in [0.15, 0.2) is 0 Å². The molecule has 1 unspecified atom stereocenters. The van der Waals surface area contributed by atoms with Crippen LogP contribution in [0.1, 0.15) is 24.8 Å². The lowest BCUT2D eigenvalue weighted by atomic mass is 9.85. The standard InChI is InChI=1S/C13H19NOS/c1-16(15)10-12-6-3-7-13(8-12)14-9-11-4-2-5-11/h3,6-8,11,14H,2,4-5,9-10H2,1H3. The Kier molecular flexibility index (Phi) is 3.99. The maximum absolute atomic E-state index is 11.1. The van der Waals surface area contributed by atoms with Gasteiger partial charge < -0.3 is 5.32 Å². The van der Waals surface area contributed by atoms with Gasteiger partial charge in [-0.1, -0.05) is 18.6 Å². The summed E-state index contributed by atoms with van der Waals surface area (Å²) in [7, 11) is -0.756. The van der Waals surface area contributed by atoms with Crippen molar-refractivity contribution >= 4 is 16.5 Å². The molecule has 1 aliphatic rings. The molecule has 0 spiro atoms. The molecule has 1 aromatic rings. The molecule has 0 amide bonds. The maximum atomic E-state index is 11.1. The third kappa shape index (κ3) is 3.34. The smallest absolute Gasteiger partial charge is 0.0483 e. The molecule has 1 atom stereocenters. The topological polar surface area (TPSA) is 29.1 Å². The van der Waals surface area contributed by atoms with E-state index in [-0.39, 0.29) is 0 Å². The molecule has 2 nitrogen and oxygen atoms in total. The lowest BCUT2D eigenvalue weighted by Gasteiger charge is -2.25. The van der Waals surface area contributed by atoms with Crippen LogP contribution in [0.15, 0.2) is 24.3 Å². The van der Waals surface area contributed by atoms with Crippen LogP contribution in [-0.2, 0) is 16.6 Å². The lowest BCUT2D eigenvalue weighted by molar-refractivity contribution is 0.333. The third-order valence-electron chi connectivity index (χ3n) is 3.12. The first kappa shape index (κ1) is 11.6. The average molecular weight is 237 g/mol. The maximum Gasteiger partial charge on any atom is 0.0483 e. The third-order valence-corrected chi connectivity index (χ3v) is 3.86. The molecule has 0 radical (unpaired) electrons. The molecule has 1 saturated carbocycles. The second kappa shape index (κ2) is 5.48. The largest absolute Gasteiger partial charge is 0.385 e. The van der Waals surface area contributed by atoms with Crippen molar-refractivity contribution in [2.75, 3.05) is 18.1 Å². The van der Waals surface area contributed by atoms with Gasteiger partial charge in [-0.25, -0.2) is 0 Å². The molecule has 1 N–H and O–H groups in total. The van der Waals surface area contributed by atoms with Crippen molar-refractivity contribution in [3.8, 4) is 0 Å². The summed E-state index contributed by atoms with van der Waals surface area (Å²) < 4.78 is 11.1. The molecular formula is C13H19NOS. The predicted molar refractivity (Wildman–Crippen MR) is 70.0 cm³/mol. The van der Waals surface area contributed by atoms with Gasteiger partial charge in [-0.05, 0) is 36.5 Å². The molecule has 0 bridgehead atoms. The van der Waals surface area contributed by atoms with Crippen molar-refractivity contribution in [3.63, 3.8) is 0 Å². The van der Waals surface area contributed by atoms with E-state index in [1.54, 1.807) is 6.26 Å². The van der Waals surface area contributed by atoms with Gasteiger partial charge in [0, 0.05) is 35.0 Å². The molecule has 1 fully saturated rings. The SMILES string of the molecule is CS(=O)Cc1cccc(NCC2CCC2)c1. The second-order valence-corrected chi connectivity index (χ2v) is 6.03. The van der Waals surface area contributed by atoms with Gasteiger partial charge >= 0.3 is 0 Å². The van der Waals surface area contributed by atoms with Crippen LogP contribution in [0, 0.1) is 5.92 Å². The van der Waals surface area contributed by atoms with Gasteiger partial charge in [0.05, 0.1) is 0 Å². The molecule has 1 aromatic carbocycles. The summed E-state index contributed by atoms with van der Waals surface area (Å²) in [5.74, 6) is 1.52. The average Bonchev–Trinajstić information content (AvgIpc) is 2.14. The van der Waals surface area contributed by atoms with E-state index in [2.05, 4.69) is 17.4 Å². The van der Waals surface area contributed by atoms with Gasteiger partial charge in [-0.2, -0.15) is 0 Å². The number of anilines is 1. The minimum Gasteiger partial charge on any atom is -0.385 e. The van der Waals surface area contributed by atoms with Gasteiger partial charge in [-0.3, -0.25) is 4.21 Å². The summed E-state index contributed by atoms with van der Waals surface area (Å²) >= 11 is 0. The Bertz CT molecular complexity index is 374. The highest BCUT2D eigenvalue weighted by Gasteiger charge is 2.16. The zero-order valence-corrected chi connectivity index (χ0v) is 10.6. The quantitative estimate of drug-likeness (QED) is 0.853. The molecule has 0 aliphatic heterocycles. The van der Waals surface area contributed by atoms with Crippen LogP contribution in [0.2, 0.25) is 0 Å². The van der Waals surface area contributed by atoms with Crippen molar-refractivity contribution in [1.29, 1.82) is 0 Å². The highest BCUT2D eigenvalue weighted by molar-refractivity contribution is 7.83. The van der Waals surface area contributed by atoms with Gasteiger partial charge in [0.25, 0.3) is 0 Å². The van der Waals surface area contributed by atoms with Crippen molar-refractivity contribution in [3.05, 3.63) is 29.8 Å². The van der Waals surface area contributed by atoms with Crippen LogP contribution >= 0.6 is 0 Å². The van der Waals surface area contributed by atoms with Crippen LogP contribution in [0.4, 0.5) is 5.69 Å². The molecule has 2 rings (SSSR count). The molecule has 1 aliphatic carbocycles. The van der Waals surface area contributed by atoms with Crippen molar-refractivity contribution < 1.29 is 4.21 Å². The lowest BCUT2D eigenvalue weighted by Crippen LogP contribution is -2.20. The second-order valence-electron chi connectivity index (χ2n) is 4.60. The molecule has 3 heteroatoms. The van der Waals surface area contributed by atoms with Gasteiger partial charge in [-0.15, -0.1) is 0 Å². The summed E-state index contributed by atoms with van der Waals surface area (Å²) in [6, 6.07) is 8.27. The molecule has 0 heterocycles. The van der Waals surface area contributed by atoms with E-state index in [1.165, 1.54) is 19.3 Å². The molecule has 0 saturated heterocycles. The number of hydrogen-bond acceptors (Lipinski definition) is 2. The Morgan fingerprint density at radius 3 is 2.88 bits per heavy atom. The Morgan fingerprint density at radius 2 is 2.25 bits per heavy atom. The normalized spacial score (nSPS) is 17.8. The van der Waals surface area contributed by atoms with E-state index in [0.29, 0.717) is 5.75 Å². The Morgan fingerprint density at radius 1 is 1.44 bits per heavy atom. The van der Waals surface area contributed by atoms with Gasteiger partial charge in [0.2, 0.25) is 0 Å². The fraction of sp³-hybridized carbons (Fsp3) is 0.538. The molecular weight excluding hydrogens is 218 g/mol. The Labute approximate surface area is 99.9 Å². The van der Waals surface area contributed by atoms with Crippen molar-refractivity contribution in [1.82, 2.24) is 0 Å². The summed E-state index contributed by atoms with van der Waals surface area (Å²) in [5.41, 5.74) is 2.31. The minimum absolute atomic E-state index is 0.652. The van der Waals surface area contributed by atoms with Crippen LogP contribution in [-0.4, -0.2) is 17.0 Å². The van der Waals surface area contributed by atoms with Crippen LogP contribution in [0.3, 0.4) is 0 Å². The van der Waals surface area contributed by atoms with Crippen LogP contribution in [0.25, 0.3) is 0 Å². The highest BCUT2D eigenvalue weighted by Crippen LogP contribution is 2.26. The summed E-state index contributed by atoms with van der Waals surface area (Å²) in [5, 5.41) is 3.46. The van der Waals surface area contributed by atoms with Crippen molar-refractivity contribution in [2.24, 2.45) is 5.92 Å². The van der Waals surface area contributed by atoms with E-state index in [1.807, 2.05) is 12.1 Å². The first-order chi connectivity index (χ1) is 7.74. The van der Waals surface area contributed by atoms with Gasteiger partial charge in [0.1, 0.15) is 0 Å². The fourth-order valence-corrected chi connectivity index (χ4v) is 2.61. The van der Waals surface area contributed by atoms with E-state index >= 15 is 0 Å². The van der Waals surface area contributed by atoms with E-state index < -0.39 is 10.8 Å². The molecule has 16 heavy (non-hydrogen) atoms. The monoisotopic (exact) mass is 237 g/mol. The number of rotatable bonds is 5. The fourth-order valence-electron chi connectivity index (χ4n) is 1.96. The predicted octanol–water partition coefficient (Wildman–Crippen LogP) is 2.78. The minimum atomic E-state index is -0.756. The zero-order chi connectivity index (χ0) is 11.4. The molecule has 88 valence electrons. The van der Waals surface area contributed by atoms with Crippen LogP contribution < -0.4 is 5.32 Å². The number of benzene rings is 1. The van der Waals surface area contributed by atoms with Crippen LogP contribution in [0.5, 0.6) is 0 Å².